The van der Waals surface area contributed by atoms with Crippen LogP contribution in [0.3, 0.4) is 0 Å². The number of amides is 1. The highest BCUT2D eigenvalue weighted by atomic mass is 16.5. The van der Waals surface area contributed by atoms with Crippen molar-refractivity contribution in [2.75, 3.05) is 46.9 Å². The maximum atomic E-state index is 11.5. The molecule has 0 aromatic carbocycles. The van der Waals surface area contributed by atoms with Gasteiger partial charge in [-0.25, -0.2) is 0 Å². The summed E-state index contributed by atoms with van der Waals surface area (Å²) in [7, 11) is 4.06. The van der Waals surface area contributed by atoms with Crippen LogP contribution in [0, 0.1) is 0 Å². The van der Waals surface area contributed by atoms with E-state index in [0.717, 1.165) is 19.5 Å². The molecule has 5 heteroatoms. The van der Waals surface area contributed by atoms with Crippen LogP contribution in [-0.4, -0.2) is 68.7 Å². The molecule has 1 amide bonds. The molecule has 0 aromatic rings. The summed E-state index contributed by atoms with van der Waals surface area (Å²) in [4.78, 5) is 15.4. The molecule has 0 radical (unpaired) electrons. The molecule has 1 fully saturated rings. The average Bonchev–Trinajstić information content (AvgIpc) is 2.20. The van der Waals surface area contributed by atoms with E-state index in [1.807, 2.05) is 19.0 Å². The monoisotopic (exact) mass is 215 g/mol. The molecule has 1 saturated heterocycles. The van der Waals surface area contributed by atoms with E-state index in [1.54, 1.807) is 0 Å². The minimum absolute atomic E-state index is 0.0158. The van der Waals surface area contributed by atoms with E-state index < -0.39 is 0 Å². The van der Waals surface area contributed by atoms with Crippen LogP contribution < -0.4 is 5.73 Å². The largest absolute Gasteiger partial charge is 0.365 e. The fourth-order valence-electron chi connectivity index (χ4n) is 1.62. The highest BCUT2D eigenvalue weighted by molar-refractivity contribution is 5.78. The second kappa shape index (κ2) is 6.05. The van der Waals surface area contributed by atoms with Crippen molar-refractivity contribution in [2.24, 2.45) is 5.73 Å². The Balaban J connectivity index is 2.28. The van der Waals surface area contributed by atoms with E-state index in [2.05, 4.69) is 4.90 Å². The van der Waals surface area contributed by atoms with Crippen LogP contribution in [0.2, 0.25) is 0 Å². The zero-order chi connectivity index (χ0) is 11.3. The van der Waals surface area contributed by atoms with Gasteiger partial charge in [0.25, 0.3) is 0 Å². The summed E-state index contributed by atoms with van der Waals surface area (Å²) in [5, 5.41) is 0. The molecule has 1 atom stereocenters. The number of hydrogen-bond acceptors (Lipinski definition) is 4. The summed E-state index contributed by atoms with van der Waals surface area (Å²) in [5.74, 6) is 0.0819. The standard InChI is InChI=1S/C10H21N3O2/c1-12(2)4-3-5-13-7-9(6-11)15-8-10(13)14/h9H,3-8,11H2,1-2H3. The Labute approximate surface area is 91.2 Å². The highest BCUT2D eigenvalue weighted by Gasteiger charge is 2.24. The van der Waals surface area contributed by atoms with E-state index in [-0.39, 0.29) is 18.6 Å². The summed E-state index contributed by atoms with van der Waals surface area (Å²) in [6.07, 6.45) is 1.01. The van der Waals surface area contributed by atoms with Gasteiger partial charge in [-0.3, -0.25) is 4.79 Å². The summed E-state index contributed by atoms with van der Waals surface area (Å²) in [6, 6.07) is 0. The number of morpholine rings is 1. The molecule has 1 heterocycles. The van der Waals surface area contributed by atoms with Crippen molar-refractivity contribution >= 4 is 5.91 Å². The quantitative estimate of drug-likeness (QED) is 0.647. The molecule has 1 rings (SSSR count). The van der Waals surface area contributed by atoms with Crippen LogP contribution in [0.4, 0.5) is 0 Å². The predicted octanol–water partition coefficient (Wildman–Crippen LogP) is -0.876. The maximum absolute atomic E-state index is 11.5. The Bertz CT molecular complexity index is 209. The fourth-order valence-corrected chi connectivity index (χ4v) is 1.62. The summed E-state index contributed by atoms with van der Waals surface area (Å²) in [6.45, 7) is 3.11. The molecule has 0 spiro atoms. The van der Waals surface area contributed by atoms with Gasteiger partial charge in [0, 0.05) is 19.6 Å². The van der Waals surface area contributed by atoms with Crippen LogP contribution in [0.5, 0.6) is 0 Å². The molecule has 0 saturated carbocycles. The molecule has 15 heavy (non-hydrogen) atoms. The van der Waals surface area contributed by atoms with Gasteiger partial charge in [0.05, 0.1) is 6.10 Å². The van der Waals surface area contributed by atoms with Gasteiger partial charge in [-0.15, -0.1) is 0 Å². The molecule has 1 aliphatic rings. The zero-order valence-electron chi connectivity index (χ0n) is 9.61. The lowest BCUT2D eigenvalue weighted by atomic mass is 10.2. The summed E-state index contributed by atoms with van der Waals surface area (Å²) in [5.41, 5.74) is 5.52. The van der Waals surface area contributed by atoms with Crippen LogP contribution in [0.1, 0.15) is 6.42 Å². The lowest BCUT2D eigenvalue weighted by molar-refractivity contribution is -0.148. The van der Waals surface area contributed by atoms with Gasteiger partial charge in [0.15, 0.2) is 0 Å². The number of rotatable bonds is 5. The molecular formula is C10H21N3O2. The molecule has 88 valence electrons. The van der Waals surface area contributed by atoms with Gasteiger partial charge >= 0.3 is 0 Å². The van der Waals surface area contributed by atoms with E-state index in [0.29, 0.717) is 13.1 Å². The molecule has 2 N–H and O–H groups in total. The Hall–Kier alpha value is -0.650. The first-order valence-corrected chi connectivity index (χ1v) is 5.37. The number of nitrogens with two attached hydrogens (primary N) is 1. The number of hydrogen-bond donors (Lipinski definition) is 1. The lowest BCUT2D eigenvalue weighted by Crippen LogP contribution is -2.49. The van der Waals surface area contributed by atoms with Gasteiger partial charge in [-0.1, -0.05) is 0 Å². The fraction of sp³-hybridized carbons (Fsp3) is 0.900. The molecular weight excluding hydrogens is 194 g/mol. The van der Waals surface area contributed by atoms with Crippen molar-refractivity contribution in [1.29, 1.82) is 0 Å². The normalized spacial score (nSPS) is 22.5. The molecule has 0 aromatic heterocycles. The van der Waals surface area contributed by atoms with Gasteiger partial charge < -0.3 is 20.3 Å². The summed E-state index contributed by atoms with van der Waals surface area (Å²) >= 11 is 0. The Morgan fingerprint density at radius 1 is 1.60 bits per heavy atom. The minimum atomic E-state index is 0.0158. The van der Waals surface area contributed by atoms with Crippen LogP contribution in [0.25, 0.3) is 0 Å². The highest BCUT2D eigenvalue weighted by Crippen LogP contribution is 2.06. The molecule has 0 aliphatic carbocycles. The average molecular weight is 215 g/mol. The maximum Gasteiger partial charge on any atom is 0.248 e. The number of ether oxygens (including phenoxy) is 1. The van der Waals surface area contributed by atoms with Crippen LogP contribution in [0.15, 0.2) is 0 Å². The molecule has 1 unspecified atom stereocenters. The first-order valence-electron chi connectivity index (χ1n) is 5.37. The van der Waals surface area contributed by atoms with Gasteiger partial charge in [-0.2, -0.15) is 0 Å². The van der Waals surface area contributed by atoms with Crippen LogP contribution >= 0.6 is 0 Å². The van der Waals surface area contributed by atoms with Gasteiger partial charge in [-0.05, 0) is 27.1 Å². The second-order valence-corrected chi connectivity index (χ2v) is 4.17. The minimum Gasteiger partial charge on any atom is -0.365 e. The summed E-state index contributed by atoms with van der Waals surface area (Å²) < 4.78 is 5.27. The zero-order valence-corrected chi connectivity index (χ0v) is 9.61. The number of nitrogens with zero attached hydrogens (tertiary/aromatic N) is 2. The Kier molecular flexibility index (Phi) is 5.01. The SMILES string of the molecule is CN(C)CCCN1CC(CN)OCC1=O. The topological polar surface area (TPSA) is 58.8 Å². The first kappa shape index (κ1) is 12.4. The van der Waals surface area contributed by atoms with E-state index >= 15 is 0 Å². The van der Waals surface area contributed by atoms with Crippen LogP contribution in [-0.2, 0) is 9.53 Å². The second-order valence-electron chi connectivity index (χ2n) is 4.17. The van der Waals surface area contributed by atoms with Crippen molar-refractivity contribution in [3.63, 3.8) is 0 Å². The molecule has 5 nitrogen and oxygen atoms in total. The number of carbonyl (C=O) groups excluding carboxylic acids is 1. The van der Waals surface area contributed by atoms with Crippen molar-refractivity contribution in [3.05, 3.63) is 0 Å². The Morgan fingerprint density at radius 3 is 2.93 bits per heavy atom. The van der Waals surface area contributed by atoms with Crippen molar-refractivity contribution in [2.45, 2.75) is 12.5 Å². The smallest absolute Gasteiger partial charge is 0.248 e. The Morgan fingerprint density at radius 2 is 2.33 bits per heavy atom. The third kappa shape index (κ3) is 4.15. The molecule has 0 bridgehead atoms. The van der Waals surface area contributed by atoms with Crippen molar-refractivity contribution < 1.29 is 9.53 Å². The van der Waals surface area contributed by atoms with E-state index in [4.69, 9.17) is 10.5 Å². The van der Waals surface area contributed by atoms with Crippen molar-refractivity contribution in [1.82, 2.24) is 9.80 Å². The third-order valence-electron chi connectivity index (χ3n) is 2.52. The number of carbonyl (C=O) groups is 1. The van der Waals surface area contributed by atoms with E-state index in [1.165, 1.54) is 0 Å². The first-order chi connectivity index (χ1) is 7.13. The lowest BCUT2D eigenvalue weighted by Gasteiger charge is -2.32. The van der Waals surface area contributed by atoms with Crippen molar-refractivity contribution in [3.8, 4) is 0 Å². The van der Waals surface area contributed by atoms with E-state index in [9.17, 15) is 4.79 Å². The third-order valence-corrected chi connectivity index (χ3v) is 2.52. The van der Waals surface area contributed by atoms with Gasteiger partial charge in [0.2, 0.25) is 5.91 Å². The molecule has 1 aliphatic heterocycles. The predicted molar refractivity (Wildman–Crippen MR) is 58.5 cm³/mol. The van der Waals surface area contributed by atoms with Gasteiger partial charge in [0.1, 0.15) is 6.61 Å².